The van der Waals surface area contributed by atoms with Gasteiger partial charge in [-0.3, -0.25) is 9.59 Å². The minimum atomic E-state index is -0.813. The van der Waals surface area contributed by atoms with Gasteiger partial charge in [0.2, 0.25) is 0 Å². The minimum Gasteiger partial charge on any atom is -0.481 e. The third-order valence-corrected chi connectivity index (χ3v) is 4.01. The maximum absolute atomic E-state index is 13.3. The molecular weight excluding hydrogens is 275 g/mol. The molecule has 2 unspecified atom stereocenters. The third-order valence-electron chi connectivity index (χ3n) is 4.01. The van der Waals surface area contributed by atoms with E-state index in [1.54, 1.807) is 0 Å². The fourth-order valence-corrected chi connectivity index (χ4v) is 2.77. The van der Waals surface area contributed by atoms with Gasteiger partial charge in [0.15, 0.2) is 0 Å². The van der Waals surface area contributed by atoms with E-state index in [1.165, 1.54) is 12.1 Å². The van der Waals surface area contributed by atoms with Crippen LogP contribution in [0.1, 0.15) is 36.0 Å². The van der Waals surface area contributed by atoms with E-state index in [9.17, 15) is 19.1 Å². The molecule has 2 atom stereocenters. The van der Waals surface area contributed by atoms with Crippen molar-refractivity contribution in [2.45, 2.75) is 25.7 Å². The number of anilines is 1. The zero-order valence-corrected chi connectivity index (χ0v) is 11.6. The van der Waals surface area contributed by atoms with Crippen LogP contribution in [0.25, 0.3) is 0 Å². The number of carboxylic acids is 1. The molecule has 0 radical (unpaired) electrons. The molecule has 1 aromatic carbocycles. The zero-order valence-electron chi connectivity index (χ0n) is 11.6. The summed E-state index contributed by atoms with van der Waals surface area (Å²) in [6.45, 7) is 0.293. The molecule has 0 aromatic heterocycles. The summed E-state index contributed by atoms with van der Waals surface area (Å²) in [5.74, 6) is -2.35. The van der Waals surface area contributed by atoms with Crippen LogP contribution in [0.4, 0.5) is 10.1 Å². The van der Waals surface area contributed by atoms with Crippen molar-refractivity contribution in [1.82, 2.24) is 5.32 Å². The molecule has 2 rings (SSSR count). The number of amides is 1. The van der Waals surface area contributed by atoms with Gasteiger partial charge in [0, 0.05) is 12.1 Å². The number of halogens is 1. The lowest BCUT2D eigenvalue weighted by molar-refractivity contribution is -0.144. The van der Waals surface area contributed by atoms with Gasteiger partial charge >= 0.3 is 5.97 Å². The van der Waals surface area contributed by atoms with E-state index in [2.05, 4.69) is 5.32 Å². The predicted molar refractivity (Wildman–Crippen MR) is 76.2 cm³/mol. The topological polar surface area (TPSA) is 92.4 Å². The number of carbonyl (C=O) groups excluding carboxylic acids is 1. The summed E-state index contributed by atoms with van der Waals surface area (Å²) in [4.78, 5) is 23.1. The second kappa shape index (κ2) is 6.56. The fraction of sp³-hybridized carbons (Fsp3) is 0.467. The Morgan fingerprint density at radius 1 is 1.33 bits per heavy atom. The predicted octanol–water partition coefficient (Wildman–Crippen LogP) is 2.03. The van der Waals surface area contributed by atoms with Gasteiger partial charge in [-0.25, -0.2) is 4.39 Å². The molecule has 114 valence electrons. The molecule has 1 fully saturated rings. The molecule has 0 saturated heterocycles. The number of carbonyl (C=O) groups is 2. The number of hydrogen-bond acceptors (Lipinski definition) is 3. The first-order chi connectivity index (χ1) is 9.99. The lowest BCUT2D eigenvalue weighted by atomic mass is 9.79. The van der Waals surface area contributed by atoms with Crippen molar-refractivity contribution >= 4 is 17.6 Å². The quantitative estimate of drug-likeness (QED) is 0.741. The van der Waals surface area contributed by atoms with Gasteiger partial charge in [-0.15, -0.1) is 0 Å². The smallest absolute Gasteiger partial charge is 0.306 e. The molecule has 5 nitrogen and oxygen atoms in total. The second-order valence-corrected chi connectivity index (χ2v) is 5.44. The van der Waals surface area contributed by atoms with E-state index < -0.39 is 23.6 Å². The van der Waals surface area contributed by atoms with E-state index in [-0.39, 0.29) is 17.2 Å². The van der Waals surface area contributed by atoms with Crippen molar-refractivity contribution in [3.05, 3.63) is 29.6 Å². The zero-order chi connectivity index (χ0) is 15.4. The Morgan fingerprint density at radius 3 is 2.71 bits per heavy atom. The summed E-state index contributed by atoms with van der Waals surface area (Å²) in [6.07, 6.45) is 3.31. The lowest BCUT2D eigenvalue weighted by Gasteiger charge is -2.28. The van der Waals surface area contributed by atoms with Gasteiger partial charge in [-0.05, 0) is 37.0 Å². The van der Waals surface area contributed by atoms with Gasteiger partial charge in [0.05, 0.1) is 11.6 Å². The number of benzene rings is 1. The number of nitrogens with two attached hydrogens (primary N) is 1. The standard InChI is InChI=1S/C15H19FN2O3/c16-12-7-9(5-6-13(12)17)14(19)18-8-10-3-1-2-4-11(10)15(20)21/h5-7,10-11H,1-4,8,17H2,(H,18,19)(H,20,21). The van der Waals surface area contributed by atoms with Crippen molar-refractivity contribution in [3.63, 3.8) is 0 Å². The van der Waals surface area contributed by atoms with Crippen LogP contribution in [0.5, 0.6) is 0 Å². The first kappa shape index (κ1) is 15.3. The Kier molecular flexibility index (Phi) is 4.77. The van der Waals surface area contributed by atoms with Crippen LogP contribution in [-0.4, -0.2) is 23.5 Å². The van der Waals surface area contributed by atoms with E-state index in [1.807, 2.05) is 0 Å². The highest BCUT2D eigenvalue weighted by molar-refractivity contribution is 5.94. The molecule has 21 heavy (non-hydrogen) atoms. The van der Waals surface area contributed by atoms with Crippen LogP contribution >= 0.6 is 0 Å². The van der Waals surface area contributed by atoms with Crippen LogP contribution in [-0.2, 0) is 4.79 Å². The molecule has 1 aromatic rings. The van der Waals surface area contributed by atoms with Crippen molar-refractivity contribution in [1.29, 1.82) is 0 Å². The van der Waals surface area contributed by atoms with Gasteiger partial charge in [0.25, 0.3) is 5.91 Å². The number of rotatable bonds is 4. The molecule has 0 aliphatic heterocycles. The Hall–Kier alpha value is -2.11. The fourth-order valence-electron chi connectivity index (χ4n) is 2.77. The summed E-state index contributed by atoms with van der Waals surface area (Å²) in [6, 6.07) is 3.87. The molecule has 1 saturated carbocycles. The SMILES string of the molecule is Nc1ccc(C(=O)NCC2CCCCC2C(=O)O)cc1F. The minimum absolute atomic E-state index is 0.00947. The number of carboxylic acid groups (broad SMARTS) is 1. The number of hydrogen-bond donors (Lipinski definition) is 3. The average Bonchev–Trinajstić information content (AvgIpc) is 2.47. The van der Waals surface area contributed by atoms with Crippen LogP contribution in [0, 0.1) is 17.7 Å². The van der Waals surface area contributed by atoms with Gasteiger partial charge < -0.3 is 16.2 Å². The van der Waals surface area contributed by atoms with Crippen LogP contribution in [0.15, 0.2) is 18.2 Å². The molecule has 0 heterocycles. The van der Waals surface area contributed by atoms with Crippen molar-refractivity contribution < 1.29 is 19.1 Å². The first-order valence-electron chi connectivity index (χ1n) is 7.05. The van der Waals surface area contributed by atoms with Crippen LogP contribution < -0.4 is 11.1 Å². The third kappa shape index (κ3) is 3.71. The highest BCUT2D eigenvalue weighted by Crippen LogP contribution is 2.29. The first-order valence-corrected chi connectivity index (χ1v) is 7.05. The summed E-state index contributed by atoms with van der Waals surface area (Å²) >= 11 is 0. The Morgan fingerprint density at radius 2 is 2.05 bits per heavy atom. The lowest BCUT2D eigenvalue weighted by Crippen LogP contribution is -2.37. The van der Waals surface area contributed by atoms with Crippen LogP contribution in [0.3, 0.4) is 0 Å². The van der Waals surface area contributed by atoms with E-state index >= 15 is 0 Å². The van der Waals surface area contributed by atoms with E-state index in [0.29, 0.717) is 13.0 Å². The Labute approximate surface area is 122 Å². The molecule has 1 amide bonds. The summed E-state index contributed by atoms with van der Waals surface area (Å²) in [5, 5.41) is 11.9. The van der Waals surface area contributed by atoms with Gasteiger partial charge in [-0.1, -0.05) is 12.8 Å². The molecule has 4 N–H and O–H groups in total. The highest BCUT2D eigenvalue weighted by Gasteiger charge is 2.30. The summed E-state index contributed by atoms with van der Waals surface area (Å²) in [5.41, 5.74) is 5.53. The summed E-state index contributed by atoms with van der Waals surface area (Å²) < 4.78 is 13.3. The van der Waals surface area contributed by atoms with E-state index in [4.69, 9.17) is 5.73 Å². The van der Waals surface area contributed by atoms with Gasteiger partial charge in [-0.2, -0.15) is 0 Å². The molecule has 1 aliphatic carbocycles. The Balaban J connectivity index is 1.96. The largest absolute Gasteiger partial charge is 0.481 e. The molecule has 6 heteroatoms. The molecular formula is C15H19FN2O3. The Bertz CT molecular complexity index is 548. The highest BCUT2D eigenvalue weighted by atomic mass is 19.1. The maximum Gasteiger partial charge on any atom is 0.306 e. The number of nitrogens with one attached hydrogen (secondary N) is 1. The van der Waals surface area contributed by atoms with Crippen molar-refractivity contribution in [2.75, 3.05) is 12.3 Å². The molecule has 0 bridgehead atoms. The summed E-state index contributed by atoms with van der Waals surface area (Å²) in [7, 11) is 0. The number of nitrogen functional groups attached to an aromatic ring is 1. The normalized spacial score (nSPS) is 21.8. The van der Waals surface area contributed by atoms with Crippen molar-refractivity contribution in [3.8, 4) is 0 Å². The van der Waals surface area contributed by atoms with Crippen molar-refractivity contribution in [2.24, 2.45) is 11.8 Å². The monoisotopic (exact) mass is 294 g/mol. The number of aliphatic carboxylic acids is 1. The maximum atomic E-state index is 13.3. The molecule has 1 aliphatic rings. The second-order valence-electron chi connectivity index (χ2n) is 5.44. The van der Waals surface area contributed by atoms with Crippen LogP contribution in [0.2, 0.25) is 0 Å². The van der Waals surface area contributed by atoms with Gasteiger partial charge in [0.1, 0.15) is 5.82 Å². The average molecular weight is 294 g/mol. The van der Waals surface area contributed by atoms with E-state index in [0.717, 1.165) is 25.3 Å². The molecule has 0 spiro atoms.